The summed E-state index contributed by atoms with van der Waals surface area (Å²) < 4.78 is 11.0. The highest BCUT2D eigenvalue weighted by Gasteiger charge is 2.31. The monoisotopic (exact) mass is 611 g/mol. The second kappa shape index (κ2) is 12.0. The normalized spacial score (nSPS) is 18.1. The summed E-state index contributed by atoms with van der Waals surface area (Å²) in [5.74, 6) is 0.926. The molecular weight excluding hydrogens is 577 g/mol. The molecule has 2 aliphatic rings. The molecule has 2 N–H and O–H groups in total. The molecule has 0 radical (unpaired) electrons. The molecule has 0 saturated carbocycles. The number of anilines is 2. The standard InChI is InChI=1S/C31H35Cl2N5O4/c1-31(2,3)30(40)38-14-12-37(13-15-38)20-9-6-18(7-10-20)29(39)34-28-21-11-8-19(16-22(21)35-36-28)25-26(32)23(41-4)17-24(42-5)27(25)33/h6-11,16,23H,12-15,17H2,1-5H3,(H2,34,35,36,39). The number of carbonyl (C=O) groups excluding carboxylic acids is 2. The van der Waals surface area contributed by atoms with E-state index in [2.05, 4.69) is 20.4 Å². The molecule has 1 aliphatic carbocycles. The van der Waals surface area contributed by atoms with Gasteiger partial charge in [-0.2, -0.15) is 5.10 Å². The summed E-state index contributed by atoms with van der Waals surface area (Å²) in [6.07, 6.45) is 0.0901. The quantitative estimate of drug-likeness (QED) is 0.356. The molecule has 2 aromatic carbocycles. The van der Waals surface area contributed by atoms with E-state index in [1.54, 1.807) is 26.4 Å². The lowest BCUT2D eigenvalue weighted by Gasteiger charge is -2.38. The molecule has 42 heavy (non-hydrogen) atoms. The lowest BCUT2D eigenvalue weighted by molar-refractivity contribution is -0.139. The zero-order valence-electron chi connectivity index (χ0n) is 24.4. The molecule has 2 amide bonds. The number of rotatable bonds is 6. The largest absolute Gasteiger partial charge is 0.499 e. The van der Waals surface area contributed by atoms with Gasteiger partial charge in [0.2, 0.25) is 5.91 Å². The van der Waals surface area contributed by atoms with Crippen molar-refractivity contribution in [2.24, 2.45) is 5.41 Å². The molecule has 3 aromatic rings. The van der Waals surface area contributed by atoms with Crippen LogP contribution in [0.15, 0.2) is 58.3 Å². The molecule has 5 rings (SSSR count). The number of H-pyrrole nitrogens is 1. The fourth-order valence-corrected chi connectivity index (χ4v) is 6.08. The highest BCUT2D eigenvalue weighted by atomic mass is 35.5. The molecule has 0 spiro atoms. The molecule has 1 fully saturated rings. The number of aromatic nitrogens is 2. The number of fused-ring (bicyclic) bond motifs is 1. The maximum Gasteiger partial charge on any atom is 0.256 e. The predicted octanol–water partition coefficient (Wildman–Crippen LogP) is 5.98. The molecule has 11 heteroatoms. The van der Waals surface area contributed by atoms with Gasteiger partial charge in [0.05, 0.1) is 22.7 Å². The topological polar surface area (TPSA) is 99.8 Å². The van der Waals surface area contributed by atoms with E-state index in [4.69, 9.17) is 32.7 Å². The average Bonchev–Trinajstić information content (AvgIpc) is 3.38. The number of methoxy groups -OCH3 is 2. The minimum Gasteiger partial charge on any atom is -0.499 e. The number of nitrogens with one attached hydrogen (secondary N) is 2. The van der Waals surface area contributed by atoms with Crippen LogP contribution in [0.4, 0.5) is 11.5 Å². The van der Waals surface area contributed by atoms with Gasteiger partial charge < -0.3 is 24.6 Å². The first kappa shape index (κ1) is 29.9. The first-order valence-corrected chi connectivity index (χ1v) is 14.6. The van der Waals surface area contributed by atoms with Gasteiger partial charge >= 0.3 is 0 Å². The third-order valence-corrected chi connectivity index (χ3v) is 8.51. The van der Waals surface area contributed by atoms with Gasteiger partial charge in [0.1, 0.15) is 11.9 Å². The fraction of sp³-hybridized carbons (Fsp3) is 0.387. The minimum atomic E-state index is -0.382. The summed E-state index contributed by atoms with van der Waals surface area (Å²) in [6, 6.07) is 13.1. The summed E-state index contributed by atoms with van der Waals surface area (Å²) in [6.45, 7) is 8.69. The molecule has 1 atom stereocenters. The van der Waals surface area contributed by atoms with Crippen LogP contribution in [0.2, 0.25) is 0 Å². The molecule has 9 nitrogen and oxygen atoms in total. The van der Waals surface area contributed by atoms with Gasteiger partial charge in [0.15, 0.2) is 5.82 Å². The van der Waals surface area contributed by atoms with Crippen molar-refractivity contribution in [3.8, 4) is 0 Å². The van der Waals surface area contributed by atoms with E-state index in [0.717, 1.165) is 29.7 Å². The number of halogens is 2. The Morgan fingerprint density at radius 2 is 1.71 bits per heavy atom. The molecule has 1 saturated heterocycles. The van der Waals surface area contributed by atoms with Gasteiger partial charge in [-0.25, -0.2) is 0 Å². The zero-order valence-corrected chi connectivity index (χ0v) is 25.9. The average molecular weight is 613 g/mol. The second-order valence-electron chi connectivity index (χ2n) is 11.5. The molecule has 1 aromatic heterocycles. The van der Waals surface area contributed by atoms with Gasteiger partial charge in [-0.3, -0.25) is 14.7 Å². The van der Waals surface area contributed by atoms with Crippen LogP contribution in [-0.4, -0.2) is 73.4 Å². The Morgan fingerprint density at radius 1 is 1.02 bits per heavy atom. The van der Waals surface area contributed by atoms with Crippen molar-refractivity contribution in [1.82, 2.24) is 15.1 Å². The molecule has 222 valence electrons. The summed E-state index contributed by atoms with van der Waals surface area (Å²) in [5.41, 5.74) is 3.27. The number of amides is 2. The molecule has 0 bridgehead atoms. The number of carbonyl (C=O) groups is 2. The maximum atomic E-state index is 13.1. The number of nitrogens with zero attached hydrogens (tertiary/aromatic N) is 3. The first-order chi connectivity index (χ1) is 20.0. The van der Waals surface area contributed by atoms with E-state index in [1.165, 1.54) is 0 Å². The van der Waals surface area contributed by atoms with E-state index in [9.17, 15) is 9.59 Å². The Kier molecular flexibility index (Phi) is 8.55. The summed E-state index contributed by atoms with van der Waals surface area (Å²) in [4.78, 5) is 29.8. The van der Waals surface area contributed by atoms with E-state index in [1.807, 2.05) is 56.0 Å². The van der Waals surface area contributed by atoms with Gasteiger partial charge in [-0.1, -0.05) is 50.0 Å². The summed E-state index contributed by atoms with van der Waals surface area (Å²) in [7, 11) is 3.16. The van der Waals surface area contributed by atoms with Crippen molar-refractivity contribution >= 4 is 63.0 Å². The molecular formula is C31H35Cl2N5O4. The van der Waals surface area contributed by atoms with Gasteiger partial charge in [0.25, 0.3) is 5.91 Å². The number of hydrogen-bond donors (Lipinski definition) is 2. The van der Waals surface area contributed by atoms with Gasteiger partial charge in [0, 0.05) is 67.3 Å². The first-order valence-electron chi connectivity index (χ1n) is 13.8. The van der Waals surface area contributed by atoms with Gasteiger partial charge in [-0.05, 0) is 42.0 Å². The summed E-state index contributed by atoms with van der Waals surface area (Å²) in [5, 5.41) is 11.9. The Hall–Kier alpha value is -3.53. The van der Waals surface area contributed by atoms with Crippen LogP contribution in [-0.2, 0) is 14.3 Å². The second-order valence-corrected chi connectivity index (χ2v) is 12.2. The highest BCUT2D eigenvalue weighted by molar-refractivity contribution is 6.43. The Morgan fingerprint density at radius 3 is 2.33 bits per heavy atom. The van der Waals surface area contributed by atoms with Crippen molar-refractivity contribution in [1.29, 1.82) is 0 Å². The van der Waals surface area contributed by atoms with E-state index < -0.39 is 0 Å². The Labute approximate surface area is 255 Å². The molecule has 2 heterocycles. The summed E-state index contributed by atoms with van der Waals surface area (Å²) >= 11 is 13.3. The van der Waals surface area contributed by atoms with E-state index in [0.29, 0.717) is 57.8 Å². The van der Waals surface area contributed by atoms with Gasteiger partial charge in [-0.15, -0.1) is 0 Å². The smallest absolute Gasteiger partial charge is 0.256 e. The van der Waals surface area contributed by atoms with Crippen LogP contribution < -0.4 is 10.2 Å². The number of ether oxygens (including phenoxy) is 2. The number of aromatic amines is 1. The highest BCUT2D eigenvalue weighted by Crippen LogP contribution is 2.42. The maximum absolute atomic E-state index is 13.1. The van der Waals surface area contributed by atoms with Crippen molar-refractivity contribution in [3.05, 3.63) is 69.4 Å². The van der Waals surface area contributed by atoms with Crippen LogP contribution in [0.25, 0.3) is 16.5 Å². The van der Waals surface area contributed by atoms with Crippen LogP contribution in [0.3, 0.4) is 0 Å². The number of hydrogen-bond acceptors (Lipinski definition) is 6. The third kappa shape index (κ3) is 5.86. The Balaban J connectivity index is 1.28. The van der Waals surface area contributed by atoms with E-state index in [-0.39, 0.29) is 23.3 Å². The van der Waals surface area contributed by atoms with Crippen LogP contribution in [0.5, 0.6) is 0 Å². The van der Waals surface area contributed by atoms with Crippen LogP contribution >= 0.6 is 23.2 Å². The van der Waals surface area contributed by atoms with Crippen molar-refractivity contribution in [2.75, 3.05) is 50.6 Å². The third-order valence-electron chi connectivity index (χ3n) is 7.67. The van der Waals surface area contributed by atoms with Crippen molar-refractivity contribution in [2.45, 2.75) is 33.3 Å². The lowest BCUT2D eigenvalue weighted by Crippen LogP contribution is -2.51. The minimum absolute atomic E-state index is 0.173. The lowest BCUT2D eigenvalue weighted by atomic mass is 9.94. The zero-order chi connectivity index (χ0) is 30.2. The predicted molar refractivity (Wildman–Crippen MR) is 167 cm³/mol. The molecule has 1 aliphatic heterocycles. The van der Waals surface area contributed by atoms with Crippen LogP contribution in [0.1, 0.15) is 43.1 Å². The van der Waals surface area contributed by atoms with Crippen molar-refractivity contribution < 1.29 is 19.1 Å². The number of benzene rings is 2. The van der Waals surface area contributed by atoms with Crippen LogP contribution in [0, 0.1) is 5.41 Å². The molecule has 1 unspecified atom stereocenters. The fourth-order valence-electron chi connectivity index (χ4n) is 5.29. The SMILES string of the molecule is COC1=C(Cl)C(c2ccc3c(NC(=O)c4ccc(N5CCN(C(=O)C(C)(C)C)CC5)cc4)n[nH]c3c2)=C(Cl)C(OC)C1. The van der Waals surface area contributed by atoms with Crippen molar-refractivity contribution in [3.63, 3.8) is 0 Å². The number of piperazine rings is 1. The van der Waals surface area contributed by atoms with E-state index >= 15 is 0 Å². The Bertz CT molecular complexity index is 1560. The number of allylic oxidation sites excluding steroid dienone is 2.